The first-order valence-electron chi connectivity index (χ1n) is 8.45. The molecular formula is C19H20N4O4. The first-order valence-corrected chi connectivity index (χ1v) is 8.45. The fourth-order valence-electron chi connectivity index (χ4n) is 2.53. The number of rotatable bonds is 7. The van der Waals surface area contributed by atoms with Crippen molar-refractivity contribution in [3.63, 3.8) is 0 Å². The van der Waals surface area contributed by atoms with Crippen molar-refractivity contribution in [3.05, 3.63) is 65.9 Å². The third kappa shape index (κ3) is 4.35. The Morgan fingerprint density at radius 2 is 1.96 bits per heavy atom. The molecule has 0 unspecified atom stereocenters. The summed E-state index contributed by atoms with van der Waals surface area (Å²) in [6, 6.07) is 10.3. The van der Waals surface area contributed by atoms with Crippen molar-refractivity contribution in [1.82, 2.24) is 15.1 Å². The number of hydrogen-bond acceptors (Lipinski definition) is 5. The lowest BCUT2D eigenvalue weighted by atomic mass is 10.2. The van der Waals surface area contributed by atoms with E-state index in [0.29, 0.717) is 29.4 Å². The quantitative estimate of drug-likeness (QED) is 0.668. The number of carbonyl (C=O) groups is 2. The molecule has 0 atom stereocenters. The lowest BCUT2D eigenvalue weighted by Gasteiger charge is -2.09. The second-order valence-corrected chi connectivity index (χ2v) is 5.70. The Morgan fingerprint density at radius 3 is 2.63 bits per heavy atom. The molecule has 8 heteroatoms. The van der Waals surface area contributed by atoms with Crippen molar-refractivity contribution >= 4 is 17.5 Å². The van der Waals surface area contributed by atoms with Gasteiger partial charge in [-0.25, -0.2) is 0 Å². The molecule has 8 nitrogen and oxygen atoms in total. The Bertz CT molecular complexity index is 914. The molecular weight excluding hydrogens is 348 g/mol. The van der Waals surface area contributed by atoms with Gasteiger partial charge in [-0.3, -0.25) is 14.3 Å². The minimum absolute atomic E-state index is 0.239. The van der Waals surface area contributed by atoms with E-state index in [1.165, 1.54) is 17.1 Å². The molecule has 2 N–H and O–H groups in total. The summed E-state index contributed by atoms with van der Waals surface area (Å²) >= 11 is 0. The molecule has 27 heavy (non-hydrogen) atoms. The maximum atomic E-state index is 12.5. The monoisotopic (exact) mass is 368 g/mol. The Morgan fingerprint density at radius 1 is 1.19 bits per heavy atom. The van der Waals surface area contributed by atoms with Crippen molar-refractivity contribution < 1.29 is 18.7 Å². The third-order valence-corrected chi connectivity index (χ3v) is 3.83. The summed E-state index contributed by atoms with van der Waals surface area (Å²) in [5.74, 6) is 0.610. The standard InChI is InChI=1S/C19H20N4O4/c1-3-26-14-8-6-13(7-9-14)18(24)22-16-12-21-23(2)17(16)19(25)20-11-15-5-4-10-27-15/h4-10,12H,3,11H2,1-2H3,(H,20,25)(H,22,24). The van der Waals surface area contributed by atoms with E-state index in [1.54, 1.807) is 43.4 Å². The normalized spacial score (nSPS) is 10.4. The van der Waals surface area contributed by atoms with Crippen LogP contribution in [0.3, 0.4) is 0 Å². The van der Waals surface area contributed by atoms with Gasteiger partial charge in [-0.05, 0) is 43.3 Å². The molecule has 0 bridgehead atoms. The highest BCUT2D eigenvalue weighted by molar-refractivity contribution is 6.08. The molecule has 2 aromatic heterocycles. The summed E-state index contributed by atoms with van der Waals surface area (Å²) in [5.41, 5.74) is 1.03. The maximum absolute atomic E-state index is 12.5. The first kappa shape index (κ1) is 18.2. The van der Waals surface area contributed by atoms with Gasteiger partial charge in [-0.2, -0.15) is 5.10 Å². The van der Waals surface area contributed by atoms with E-state index in [1.807, 2.05) is 6.92 Å². The largest absolute Gasteiger partial charge is 0.494 e. The maximum Gasteiger partial charge on any atom is 0.272 e. The van der Waals surface area contributed by atoms with Gasteiger partial charge in [-0.1, -0.05) is 0 Å². The predicted molar refractivity (Wildman–Crippen MR) is 98.7 cm³/mol. The van der Waals surface area contributed by atoms with Crippen LogP contribution >= 0.6 is 0 Å². The van der Waals surface area contributed by atoms with E-state index < -0.39 is 0 Å². The van der Waals surface area contributed by atoms with E-state index in [9.17, 15) is 9.59 Å². The van der Waals surface area contributed by atoms with Crippen LogP contribution in [0.5, 0.6) is 5.75 Å². The fraction of sp³-hybridized carbons (Fsp3) is 0.211. The van der Waals surface area contributed by atoms with Crippen molar-refractivity contribution in [1.29, 1.82) is 0 Å². The molecule has 140 valence electrons. The molecule has 0 aliphatic carbocycles. The number of ether oxygens (including phenoxy) is 1. The zero-order chi connectivity index (χ0) is 19.2. The van der Waals surface area contributed by atoms with Gasteiger partial charge in [0.25, 0.3) is 11.8 Å². The van der Waals surface area contributed by atoms with Crippen LogP contribution in [0.15, 0.2) is 53.3 Å². The zero-order valence-corrected chi connectivity index (χ0v) is 15.1. The van der Waals surface area contributed by atoms with Crippen LogP contribution in [0, 0.1) is 0 Å². The molecule has 0 saturated heterocycles. The molecule has 2 amide bonds. The summed E-state index contributed by atoms with van der Waals surface area (Å²) in [7, 11) is 1.63. The second kappa shape index (κ2) is 8.22. The Balaban J connectivity index is 1.69. The van der Waals surface area contributed by atoms with Crippen LogP contribution in [0.4, 0.5) is 5.69 Å². The van der Waals surface area contributed by atoms with Crippen LogP contribution in [-0.4, -0.2) is 28.2 Å². The van der Waals surface area contributed by atoms with Gasteiger partial charge in [0, 0.05) is 12.6 Å². The van der Waals surface area contributed by atoms with Gasteiger partial charge in [0.2, 0.25) is 0 Å². The first-order chi connectivity index (χ1) is 13.1. The van der Waals surface area contributed by atoms with Crippen LogP contribution in [0.25, 0.3) is 0 Å². The molecule has 2 heterocycles. The topological polar surface area (TPSA) is 98.4 Å². The number of carbonyl (C=O) groups excluding carboxylic acids is 2. The summed E-state index contributed by atoms with van der Waals surface area (Å²) in [4.78, 5) is 25.0. The van der Waals surface area contributed by atoms with Crippen molar-refractivity contribution in [2.24, 2.45) is 7.05 Å². The van der Waals surface area contributed by atoms with Gasteiger partial charge >= 0.3 is 0 Å². The van der Waals surface area contributed by atoms with Gasteiger partial charge in [0.1, 0.15) is 17.2 Å². The number of nitrogens with one attached hydrogen (secondary N) is 2. The number of anilines is 1. The number of benzene rings is 1. The van der Waals surface area contributed by atoms with E-state index in [0.717, 1.165) is 0 Å². The summed E-state index contributed by atoms with van der Waals surface area (Å²) in [6.45, 7) is 2.68. The molecule has 0 aliphatic heterocycles. The highest BCUT2D eigenvalue weighted by Gasteiger charge is 2.19. The van der Waals surface area contributed by atoms with Crippen LogP contribution < -0.4 is 15.4 Å². The lowest BCUT2D eigenvalue weighted by Crippen LogP contribution is -2.26. The minimum atomic E-state index is -0.367. The molecule has 3 rings (SSSR count). The predicted octanol–water partition coefficient (Wildman–Crippen LogP) is 2.59. The molecule has 1 aromatic carbocycles. The number of aryl methyl sites for hydroxylation is 1. The number of nitrogens with zero attached hydrogens (tertiary/aromatic N) is 2. The van der Waals surface area contributed by atoms with Crippen LogP contribution in [-0.2, 0) is 13.6 Å². The smallest absolute Gasteiger partial charge is 0.272 e. The molecule has 0 radical (unpaired) electrons. The average Bonchev–Trinajstić information content (AvgIpc) is 3.30. The zero-order valence-electron chi connectivity index (χ0n) is 15.1. The van der Waals surface area contributed by atoms with Gasteiger partial charge in [-0.15, -0.1) is 0 Å². The summed E-state index contributed by atoms with van der Waals surface area (Å²) < 4.78 is 12.0. The van der Waals surface area contributed by atoms with Crippen molar-refractivity contribution in [2.75, 3.05) is 11.9 Å². The fourth-order valence-corrected chi connectivity index (χ4v) is 2.53. The molecule has 0 aliphatic rings. The number of hydrogen-bond donors (Lipinski definition) is 2. The van der Waals surface area contributed by atoms with Crippen molar-refractivity contribution in [2.45, 2.75) is 13.5 Å². The van der Waals surface area contributed by atoms with E-state index in [2.05, 4.69) is 15.7 Å². The Hall–Kier alpha value is -3.55. The van der Waals surface area contributed by atoms with Gasteiger partial charge in [0.15, 0.2) is 0 Å². The van der Waals surface area contributed by atoms with Gasteiger partial charge < -0.3 is 19.8 Å². The molecule has 0 saturated carbocycles. The molecule has 3 aromatic rings. The lowest BCUT2D eigenvalue weighted by molar-refractivity contribution is 0.0939. The SMILES string of the molecule is CCOc1ccc(C(=O)Nc2cnn(C)c2C(=O)NCc2ccco2)cc1. The Kier molecular flexibility index (Phi) is 5.55. The van der Waals surface area contributed by atoms with E-state index in [-0.39, 0.29) is 24.1 Å². The number of aromatic nitrogens is 2. The van der Waals surface area contributed by atoms with E-state index >= 15 is 0 Å². The van der Waals surface area contributed by atoms with Crippen molar-refractivity contribution in [3.8, 4) is 5.75 Å². The number of amides is 2. The minimum Gasteiger partial charge on any atom is -0.494 e. The van der Waals surface area contributed by atoms with Crippen LogP contribution in [0.1, 0.15) is 33.5 Å². The third-order valence-electron chi connectivity index (χ3n) is 3.83. The average molecular weight is 368 g/mol. The Labute approximate surface area is 156 Å². The molecule has 0 spiro atoms. The molecule has 0 fully saturated rings. The highest BCUT2D eigenvalue weighted by Crippen LogP contribution is 2.17. The summed E-state index contributed by atoms with van der Waals surface area (Å²) in [5, 5.41) is 9.53. The van der Waals surface area contributed by atoms with Crippen LogP contribution in [0.2, 0.25) is 0 Å². The van der Waals surface area contributed by atoms with Gasteiger partial charge in [0.05, 0.1) is 31.3 Å². The highest BCUT2D eigenvalue weighted by atomic mass is 16.5. The second-order valence-electron chi connectivity index (χ2n) is 5.70. The summed E-state index contributed by atoms with van der Waals surface area (Å²) in [6.07, 6.45) is 2.97. The van der Waals surface area contributed by atoms with E-state index in [4.69, 9.17) is 9.15 Å². The number of furan rings is 1.